The predicted octanol–water partition coefficient (Wildman–Crippen LogP) is 1.57. The third kappa shape index (κ3) is 5.92. The summed E-state index contributed by atoms with van der Waals surface area (Å²) >= 11 is 1.18. The van der Waals surface area contributed by atoms with Crippen LogP contribution in [0.4, 0.5) is 11.5 Å². The van der Waals surface area contributed by atoms with E-state index in [-0.39, 0.29) is 24.1 Å². The van der Waals surface area contributed by atoms with Crippen molar-refractivity contribution in [3.63, 3.8) is 0 Å². The molecule has 1 heterocycles. The summed E-state index contributed by atoms with van der Waals surface area (Å²) in [6, 6.07) is 8.66. The fourth-order valence-electron chi connectivity index (χ4n) is 2.07. The third-order valence-corrected chi connectivity index (χ3v) is 4.17. The minimum Gasteiger partial charge on any atom is -0.497 e. The van der Waals surface area contributed by atoms with Crippen molar-refractivity contribution in [3.05, 3.63) is 36.0 Å². The molecule has 138 valence electrons. The Hall–Kier alpha value is -2.81. The lowest BCUT2D eigenvalue weighted by atomic mass is 10.3. The Morgan fingerprint density at radius 3 is 2.77 bits per heavy atom. The van der Waals surface area contributed by atoms with E-state index >= 15 is 0 Å². The number of benzene rings is 1. The van der Waals surface area contributed by atoms with Crippen LogP contribution in [0.2, 0.25) is 0 Å². The average Bonchev–Trinajstić information content (AvgIpc) is 2.58. The number of thioether (sulfide) groups is 1. The van der Waals surface area contributed by atoms with Crippen LogP contribution in [0, 0.1) is 6.92 Å². The minimum atomic E-state index is -0.296. The number of nitrogen functional groups attached to an aromatic ring is 1. The van der Waals surface area contributed by atoms with Crippen molar-refractivity contribution >= 4 is 35.1 Å². The van der Waals surface area contributed by atoms with Crippen molar-refractivity contribution in [2.24, 2.45) is 0 Å². The smallest absolute Gasteiger partial charge is 0.243 e. The number of aryl methyl sites for hydroxylation is 1. The van der Waals surface area contributed by atoms with Crippen molar-refractivity contribution < 1.29 is 14.3 Å². The van der Waals surface area contributed by atoms with Gasteiger partial charge in [-0.15, -0.1) is 0 Å². The van der Waals surface area contributed by atoms with E-state index in [9.17, 15) is 9.59 Å². The lowest BCUT2D eigenvalue weighted by Gasteiger charge is -2.16. The van der Waals surface area contributed by atoms with Gasteiger partial charge in [0.05, 0.1) is 19.4 Å². The first-order chi connectivity index (χ1) is 12.4. The highest BCUT2D eigenvalue weighted by Crippen LogP contribution is 2.17. The maximum Gasteiger partial charge on any atom is 0.243 e. The van der Waals surface area contributed by atoms with Gasteiger partial charge in [0.15, 0.2) is 5.16 Å². The Bertz CT molecular complexity index is 779. The number of likely N-dealkylation sites (N-methyl/N-ethyl adjacent to an activating group) is 1. The van der Waals surface area contributed by atoms with Gasteiger partial charge >= 0.3 is 0 Å². The molecule has 1 aromatic carbocycles. The second-order valence-corrected chi connectivity index (χ2v) is 6.48. The Labute approximate surface area is 156 Å². The summed E-state index contributed by atoms with van der Waals surface area (Å²) < 4.78 is 5.11. The van der Waals surface area contributed by atoms with Crippen LogP contribution in [0.3, 0.4) is 0 Å². The molecule has 0 saturated carbocycles. The first kappa shape index (κ1) is 19.5. The molecule has 2 aromatic rings. The van der Waals surface area contributed by atoms with Crippen LogP contribution in [0.1, 0.15) is 5.69 Å². The van der Waals surface area contributed by atoms with Gasteiger partial charge in [-0.05, 0) is 19.1 Å². The number of nitrogens with two attached hydrogens (primary N) is 1. The summed E-state index contributed by atoms with van der Waals surface area (Å²) in [6.07, 6.45) is 0. The molecule has 0 atom stereocenters. The van der Waals surface area contributed by atoms with E-state index in [1.807, 2.05) is 0 Å². The fraction of sp³-hybridized carbons (Fsp3) is 0.294. The monoisotopic (exact) mass is 375 g/mol. The number of methoxy groups -OCH3 is 1. The number of amides is 2. The van der Waals surface area contributed by atoms with E-state index in [0.29, 0.717) is 22.4 Å². The first-order valence-corrected chi connectivity index (χ1v) is 8.77. The maximum atomic E-state index is 12.2. The van der Waals surface area contributed by atoms with Crippen LogP contribution in [-0.4, -0.2) is 53.1 Å². The molecule has 0 fully saturated rings. The highest BCUT2D eigenvalue weighted by Gasteiger charge is 2.14. The maximum absolute atomic E-state index is 12.2. The molecule has 9 heteroatoms. The number of nitrogens with one attached hydrogen (secondary N) is 1. The van der Waals surface area contributed by atoms with E-state index in [0.717, 1.165) is 5.69 Å². The number of carbonyl (C=O) groups excluding carboxylic acids is 2. The lowest BCUT2D eigenvalue weighted by molar-refractivity contribution is -0.131. The van der Waals surface area contributed by atoms with Crippen LogP contribution >= 0.6 is 11.8 Å². The second-order valence-electron chi connectivity index (χ2n) is 5.54. The SMILES string of the molecule is COc1cccc(NC(=O)CN(C)C(=O)CSc2nc(C)cc(N)n2)c1. The summed E-state index contributed by atoms with van der Waals surface area (Å²) in [4.78, 5) is 33.9. The van der Waals surface area contributed by atoms with E-state index in [1.54, 1.807) is 51.4 Å². The molecule has 0 unspecified atom stereocenters. The summed E-state index contributed by atoms with van der Waals surface area (Å²) in [5.41, 5.74) is 7.00. The number of ether oxygens (including phenoxy) is 1. The number of anilines is 2. The average molecular weight is 375 g/mol. The Kier molecular flexibility index (Phi) is 6.79. The van der Waals surface area contributed by atoms with Crippen molar-refractivity contribution in [2.75, 3.05) is 37.5 Å². The number of aromatic nitrogens is 2. The topological polar surface area (TPSA) is 110 Å². The van der Waals surface area contributed by atoms with Crippen LogP contribution < -0.4 is 15.8 Å². The molecule has 0 aliphatic heterocycles. The van der Waals surface area contributed by atoms with Gasteiger partial charge in [-0.2, -0.15) is 0 Å². The zero-order valence-corrected chi connectivity index (χ0v) is 15.7. The molecule has 8 nitrogen and oxygen atoms in total. The zero-order chi connectivity index (χ0) is 19.1. The molecule has 0 bridgehead atoms. The molecule has 0 spiro atoms. The molecule has 0 saturated heterocycles. The summed E-state index contributed by atoms with van der Waals surface area (Å²) in [6.45, 7) is 1.74. The van der Waals surface area contributed by atoms with E-state index < -0.39 is 0 Å². The van der Waals surface area contributed by atoms with E-state index in [1.165, 1.54) is 16.7 Å². The molecule has 1 aromatic heterocycles. The highest BCUT2D eigenvalue weighted by molar-refractivity contribution is 7.99. The quantitative estimate of drug-likeness (QED) is 0.558. The fourth-order valence-corrected chi connectivity index (χ4v) is 2.92. The first-order valence-electron chi connectivity index (χ1n) is 7.79. The zero-order valence-electron chi connectivity index (χ0n) is 14.9. The van der Waals surface area contributed by atoms with Gasteiger partial charge in [-0.1, -0.05) is 17.8 Å². The van der Waals surface area contributed by atoms with Crippen LogP contribution in [0.15, 0.2) is 35.5 Å². The summed E-state index contributed by atoms with van der Waals surface area (Å²) in [7, 11) is 3.12. The van der Waals surface area contributed by atoms with Crippen molar-refractivity contribution in [1.82, 2.24) is 14.9 Å². The molecule has 2 amide bonds. The normalized spacial score (nSPS) is 10.3. The van der Waals surface area contributed by atoms with Gasteiger partial charge < -0.3 is 20.7 Å². The standard InChI is InChI=1S/C17H21N5O3S/c1-11-7-14(18)21-17(19-11)26-10-16(24)22(2)9-15(23)20-12-5-4-6-13(8-12)25-3/h4-8H,9-10H2,1-3H3,(H,20,23)(H2,18,19,21). The molecular formula is C17H21N5O3S. The summed E-state index contributed by atoms with van der Waals surface area (Å²) in [5, 5.41) is 3.17. The van der Waals surface area contributed by atoms with Crippen LogP contribution in [0.25, 0.3) is 0 Å². The van der Waals surface area contributed by atoms with Crippen molar-refractivity contribution in [2.45, 2.75) is 12.1 Å². The molecule has 0 aliphatic carbocycles. The number of hydrogen-bond acceptors (Lipinski definition) is 7. The molecule has 26 heavy (non-hydrogen) atoms. The summed E-state index contributed by atoms with van der Waals surface area (Å²) in [5.74, 6) is 0.611. The van der Waals surface area contributed by atoms with Crippen LogP contribution in [0.5, 0.6) is 5.75 Å². The number of hydrogen-bond donors (Lipinski definition) is 2. The van der Waals surface area contributed by atoms with Crippen molar-refractivity contribution in [3.8, 4) is 5.75 Å². The molecule has 0 aliphatic rings. The molecule has 3 N–H and O–H groups in total. The van der Waals surface area contributed by atoms with Gasteiger partial charge in [0.1, 0.15) is 11.6 Å². The Morgan fingerprint density at radius 1 is 1.31 bits per heavy atom. The number of nitrogens with zero attached hydrogens (tertiary/aromatic N) is 3. The predicted molar refractivity (Wildman–Crippen MR) is 101 cm³/mol. The molecule has 0 radical (unpaired) electrons. The number of rotatable bonds is 7. The highest BCUT2D eigenvalue weighted by atomic mass is 32.2. The van der Waals surface area contributed by atoms with Gasteiger partial charge in [-0.3, -0.25) is 9.59 Å². The second kappa shape index (κ2) is 9.04. The van der Waals surface area contributed by atoms with Gasteiger partial charge in [0.25, 0.3) is 0 Å². The Morgan fingerprint density at radius 2 is 2.08 bits per heavy atom. The van der Waals surface area contributed by atoms with E-state index in [2.05, 4.69) is 15.3 Å². The Balaban J connectivity index is 1.84. The van der Waals surface area contributed by atoms with E-state index in [4.69, 9.17) is 10.5 Å². The van der Waals surface area contributed by atoms with Gasteiger partial charge in [0.2, 0.25) is 11.8 Å². The molecule has 2 rings (SSSR count). The lowest BCUT2D eigenvalue weighted by Crippen LogP contribution is -2.36. The van der Waals surface area contributed by atoms with Crippen LogP contribution in [-0.2, 0) is 9.59 Å². The molecular weight excluding hydrogens is 354 g/mol. The van der Waals surface area contributed by atoms with Crippen molar-refractivity contribution in [1.29, 1.82) is 0 Å². The van der Waals surface area contributed by atoms with Gasteiger partial charge in [-0.25, -0.2) is 9.97 Å². The van der Waals surface area contributed by atoms with Gasteiger partial charge in [0, 0.05) is 30.6 Å². The largest absolute Gasteiger partial charge is 0.497 e. The number of carbonyl (C=O) groups is 2. The minimum absolute atomic E-state index is 0.0621. The third-order valence-electron chi connectivity index (χ3n) is 3.34.